The third-order valence-electron chi connectivity index (χ3n) is 2.30. The predicted molar refractivity (Wildman–Crippen MR) is 65.7 cm³/mol. The summed E-state index contributed by atoms with van der Waals surface area (Å²) in [6.07, 6.45) is 0. The van der Waals surface area contributed by atoms with E-state index in [9.17, 15) is 10.1 Å². The molecule has 0 radical (unpaired) electrons. The molecule has 0 spiro atoms. The Labute approximate surface area is 108 Å². The van der Waals surface area contributed by atoms with Gasteiger partial charge in [0.2, 0.25) is 6.73 Å². The van der Waals surface area contributed by atoms with E-state index in [1.807, 2.05) is 0 Å². The molecule has 0 saturated heterocycles. The van der Waals surface area contributed by atoms with Crippen molar-refractivity contribution in [2.24, 2.45) is 0 Å². The van der Waals surface area contributed by atoms with Gasteiger partial charge in [0.25, 0.3) is 0 Å². The SMILES string of the molecule is Cc1cc([N+](=O)[O-])nn1COc1cccc(Cl)c1. The zero-order valence-corrected chi connectivity index (χ0v) is 10.3. The van der Waals surface area contributed by atoms with E-state index in [2.05, 4.69) is 5.10 Å². The third kappa shape index (κ3) is 2.78. The maximum Gasteiger partial charge on any atom is 0.390 e. The number of nitrogens with zero attached hydrogens (tertiary/aromatic N) is 3. The zero-order chi connectivity index (χ0) is 13.1. The second-order valence-corrected chi connectivity index (χ2v) is 4.07. The number of nitro groups is 1. The van der Waals surface area contributed by atoms with E-state index in [0.29, 0.717) is 16.5 Å². The van der Waals surface area contributed by atoms with Crippen molar-refractivity contribution in [1.82, 2.24) is 9.78 Å². The molecule has 0 saturated carbocycles. The molecule has 0 aliphatic rings. The first-order valence-corrected chi connectivity index (χ1v) is 5.51. The average molecular weight is 268 g/mol. The minimum atomic E-state index is -0.539. The Morgan fingerprint density at radius 3 is 2.89 bits per heavy atom. The molecule has 0 N–H and O–H groups in total. The smallest absolute Gasteiger partial charge is 0.390 e. The Morgan fingerprint density at radius 2 is 2.28 bits per heavy atom. The normalized spacial score (nSPS) is 10.3. The molecule has 0 unspecified atom stereocenters. The van der Waals surface area contributed by atoms with E-state index in [0.717, 1.165) is 0 Å². The molecule has 1 heterocycles. The van der Waals surface area contributed by atoms with Crippen LogP contribution in [0.4, 0.5) is 5.82 Å². The Hall–Kier alpha value is -2.08. The van der Waals surface area contributed by atoms with Gasteiger partial charge in [-0.25, -0.2) is 0 Å². The number of aryl methyl sites for hydroxylation is 1. The molecular weight excluding hydrogens is 258 g/mol. The summed E-state index contributed by atoms with van der Waals surface area (Å²) >= 11 is 5.81. The fourth-order valence-corrected chi connectivity index (χ4v) is 1.59. The number of aromatic nitrogens is 2. The van der Waals surface area contributed by atoms with Crippen LogP contribution in [0, 0.1) is 17.0 Å². The lowest BCUT2D eigenvalue weighted by atomic mass is 10.3. The van der Waals surface area contributed by atoms with Crippen LogP contribution in [0.1, 0.15) is 5.69 Å². The number of hydrogen-bond donors (Lipinski definition) is 0. The van der Waals surface area contributed by atoms with Crippen molar-refractivity contribution in [3.63, 3.8) is 0 Å². The Morgan fingerprint density at radius 1 is 1.50 bits per heavy atom. The molecule has 94 valence electrons. The molecular formula is C11H10ClN3O3. The lowest BCUT2D eigenvalue weighted by molar-refractivity contribution is -0.389. The quantitative estimate of drug-likeness (QED) is 0.631. The van der Waals surface area contributed by atoms with Crippen LogP contribution in [0.5, 0.6) is 5.75 Å². The van der Waals surface area contributed by atoms with Gasteiger partial charge >= 0.3 is 5.82 Å². The summed E-state index contributed by atoms with van der Waals surface area (Å²) < 4.78 is 6.86. The number of halogens is 1. The molecule has 0 atom stereocenters. The molecule has 0 bridgehead atoms. The highest BCUT2D eigenvalue weighted by atomic mass is 35.5. The fourth-order valence-electron chi connectivity index (χ4n) is 1.41. The van der Waals surface area contributed by atoms with E-state index >= 15 is 0 Å². The summed E-state index contributed by atoms with van der Waals surface area (Å²) in [4.78, 5) is 10.0. The molecule has 2 aromatic rings. The Kier molecular flexibility index (Phi) is 3.47. The highest BCUT2D eigenvalue weighted by Gasteiger charge is 2.15. The summed E-state index contributed by atoms with van der Waals surface area (Å²) in [5.41, 5.74) is 0.656. The molecule has 0 aliphatic heterocycles. The van der Waals surface area contributed by atoms with E-state index in [1.54, 1.807) is 31.2 Å². The average Bonchev–Trinajstić information content (AvgIpc) is 2.68. The second kappa shape index (κ2) is 5.05. The molecule has 2 rings (SSSR count). The lowest BCUT2D eigenvalue weighted by Gasteiger charge is -2.04. The van der Waals surface area contributed by atoms with Gasteiger partial charge in [0.05, 0.1) is 16.9 Å². The van der Waals surface area contributed by atoms with Gasteiger partial charge < -0.3 is 14.9 Å². The van der Waals surface area contributed by atoms with Gasteiger partial charge in [0.1, 0.15) is 5.75 Å². The van der Waals surface area contributed by atoms with Crippen molar-refractivity contribution in [2.75, 3.05) is 0 Å². The van der Waals surface area contributed by atoms with Crippen LogP contribution >= 0.6 is 11.6 Å². The highest BCUT2D eigenvalue weighted by Crippen LogP contribution is 2.18. The molecule has 1 aromatic heterocycles. The summed E-state index contributed by atoms with van der Waals surface area (Å²) in [5, 5.41) is 14.9. The van der Waals surface area contributed by atoms with E-state index in [-0.39, 0.29) is 12.5 Å². The summed E-state index contributed by atoms with van der Waals surface area (Å²) in [5.74, 6) is 0.391. The van der Waals surface area contributed by atoms with Gasteiger partial charge in [-0.3, -0.25) is 0 Å². The van der Waals surface area contributed by atoms with Crippen LogP contribution in [0.2, 0.25) is 5.02 Å². The largest absolute Gasteiger partial charge is 0.469 e. The number of rotatable bonds is 4. The number of hydrogen-bond acceptors (Lipinski definition) is 4. The van der Waals surface area contributed by atoms with Crippen LogP contribution in [-0.4, -0.2) is 14.7 Å². The standard InChI is InChI=1S/C11H10ClN3O3/c1-8-5-11(15(16)17)13-14(8)7-18-10-4-2-3-9(12)6-10/h2-6H,7H2,1H3. The van der Waals surface area contributed by atoms with Crippen LogP contribution in [0.15, 0.2) is 30.3 Å². The Balaban J connectivity index is 2.08. The lowest BCUT2D eigenvalue weighted by Crippen LogP contribution is -2.08. The van der Waals surface area contributed by atoms with Crippen LogP contribution in [0.3, 0.4) is 0 Å². The fraction of sp³-hybridized carbons (Fsp3) is 0.182. The first-order valence-electron chi connectivity index (χ1n) is 5.13. The number of benzene rings is 1. The van der Waals surface area contributed by atoms with Gasteiger partial charge in [-0.15, -0.1) is 4.68 Å². The first kappa shape index (κ1) is 12.4. The summed E-state index contributed by atoms with van der Waals surface area (Å²) in [6.45, 7) is 1.82. The molecule has 0 aliphatic carbocycles. The van der Waals surface area contributed by atoms with Crippen molar-refractivity contribution in [3.05, 3.63) is 51.2 Å². The van der Waals surface area contributed by atoms with Gasteiger partial charge in [-0.05, 0) is 30.0 Å². The predicted octanol–water partition coefficient (Wildman–Crippen LogP) is 2.79. The maximum absolute atomic E-state index is 10.6. The van der Waals surface area contributed by atoms with E-state index in [1.165, 1.54) is 10.7 Å². The van der Waals surface area contributed by atoms with Crippen molar-refractivity contribution in [3.8, 4) is 5.75 Å². The second-order valence-electron chi connectivity index (χ2n) is 3.63. The molecule has 1 aromatic carbocycles. The highest BCUT2D eigenvalue weighted by molar-refractivity contribution is 6.30. The van der Waals surface area contributed by atoms with Crippen molar-refractivity contribution >= 4 is 17.4 Å². The van der Waals surface area contributed by atoms with Gasteiger partial charge in [0.15, 0.2) is 0 Å². The topological polar surface area (TPSA) is 70.2 Å². The van der Waals surface area contributed by atoms with Crippen molar-refractivity contribution in [2.45, 2.75) is 13.7 Å². The molecule has 18 heavy (non-hydrogen) atoms. The van der Waals surface area contributed by atoms with Gasteiger partial charge in [-0.1, -0.05) is 17.7 Å². The zero-order valence-electron chi connectivity index (χ0n) is 9.54. The van der Waals surface area contributed by atoms with E-state index in [4.69, 9.17) is 16.3 Å². The minimum absolute atomic E-state index is 0.0972. The van der Waals surface area contributed by atoms with Gasteiger partial charge in [0, 0.05) is 5.02 Å². The monoisotopic (exact) mass is 267 g/mol. The first-order chi connectivity index (χ1) is 8.56. The van der Waals surface area contributed by atoms with Crippen molar-refractivity contribution < 1.29 is 9.66 Å². The molecule has 0 amide bonds. The van der Waals surface area contributed by atoms with E-state index < -0.39 is 4.92 Å². The molecule has 6 nitrogen and oxygen atoms in total. The molecule has 7 heteroatoms. The van der Waals surface area contributed by atoms with Gasteiger partial charge in [-0.2, -0.15) is 0 Å². The van der Waals surface area contributed by atoms with Crippen molar-refractivity contribution in [1.29, 1.82) is 0 Å². The van der Waals surface area contributed by atoms with Crippen LogP contribution in [0.25, 0.3) is 0 Å². The molecule has 0 fully saturated rings. The third-order valence-corrected chi connectivity index (χ3v) is 2.54. The Bertz CT molecular complexity index is 583. The van der Waals surface area contributed by atoms with Crippen LogP contribution < -0.4 is 4.74 Å². The summed E-state index contributed by atoms with van der Waals surface area (Å²) in [7, 11) is 0. The minimum Gasteiger partial charge on any atom is -0.469 e. The maximum atomic E-state index is 10.6. The van der Waals surface area contributed by atoms with Crippen LogP contribution in [-0.2, 0) is 6.73 Å². The number of ether oxygens (including phenoxy) is 1. The summed E-state index contributed by atoms with van der Waals surface area (Å²) in [6, 6.07) is 8.30.